The predicted molar refractivity (Wildman–Crippen MR) is 49.2 cm³/mol. The molecule has 0 fully saturated rings. The first-order valence-corrected chi connectivity index (χ1v) is 4.64. The van der Waals surface area contributed by atoms with Gasteiger partial charge in [-0.1, -0.05) is 0 Å². The number of carbonyl (C=O) groups is 2. The number of unbranched alkanes of at least 4 members (excludes halogenated alkanes) is 1. The van der Waals surface area contributed by atoms with Crippen molar-refractivity contribution in [2.75, 3.05) is 13.2 Å². The van der Waals surface area contributed by atoms with Gasteiger partial charge in [0, 0.05) is 26.1 Å². The van der Waals surface area contributed by atoms with E-state index in [9.17, 15) is 9.59 Å². The summed E-state index contributed by atoms with van der Waals surface area (Å²) in [4.78, 5) is 20.2. The van der Waals surface area contributed by atoms with Gasteiger partial charge in [-0.05, 0) is 19.3 Å². The highest BCUT2D eigenvalue weighted by Gasteiger charge is 1.98. The van der Waals surface area contributed by atoms with Gasteiger partial charge in [0.2, 0.25) is 0 Å². The van der Waals surface area contributed by atoms with Gasteiger partial charge in [0.1, 0.15) is 0 Å². The van der Waals surface area contributed by atoms with Crippen LogP contribution in [0.4, 0.5) is 0 Å². The Balaban J connectivity index is 2.99. The summed E-state index contributed by atoms with van der Waals surface area (Å²) in [6.07, 6.45) is 2.11. The molecule has 5 nitrogen and oxygen atoms in total. The van der Waals surface area contributed by atoms with Crippen molar-refractivity contribution in [3.05, 3.63) is 0 Å². The van der Waals surface area contributed by atoms with E-state index in [2.05, 4.69) is 0 Å². The van der Waals surface area contributed by atoms with Gasteiger partial charge < -0.3 is 14.9 Å². The quantitative estimate of drug-likeness (QED) is 0.550. The van der Waals surface area contributed by atoms with E-state index in [0.717, 1.165) is 0 Å². The summed E-state index contributed by atoms with van der Waals surface area (Å²) in [6.45, 7) is 0.937. The molecule has 0 rings (SSSR count). The molecular weight excluding hydrogens is 188 g/mol. The maximum absolute atomic E-state index is 10.1. The third-order valence-electron chi connectivity index (χ3n) is 1.61. The van der Waals surface area contributed by atoms with Crippen molar-refractivity contribution in [3.63, 3.8) is 0 Å². The molecule has 0 heterocycles. The molecule has 0 aliphatic rings. The lowest BCUT2D eigenvalue weighted by molar-refractivity contribution is -0.138. The molecule has 14 heavy (non-hydrogen) atoms. The second-order valence-electron chi connectivity index (χ2n) is 2.96. The highest BCUT2D eigenvalue weighted by molar-refractivity contribution is 5.66. The van der Waals surface area contributed by atoms with E-state index in [-0.39, 0.29) is 12.8 Å². The lowest BCUT2D eigenvalue weighted by atomic mass is 10.2. The van der Waals surface area contributed by atoms with Crippen molar-refractivity contribution in [2.45, 2.75) is 32.1 Å². The van der Waals surface area contributed by atoms with Gasteiger partial charge in [-0.25, -0.2) is 0 Å². The molecule has 0 aromatic heterocycles. The van der Waals surface area contributed by atoms with Crippen LogP contribution in [0.25, 0.3) is 0 Å². The van der Waals surface area contributed by atoms with Crippen LogP contribution >= 0.6 is 0 Å². The summed E-state index contributed by atoms with van der Waals surface area (Å²) in [6, 6.07) is 0. The van der Waals surface area contributed by atoms with E-state index in [0.29, 0.717) is 32.5 Å². The van der Waals surface area contributed by atoms with Gasteiger partial charge in [0.15, 0.2) is 0 Å². The minimum absolute atomic E-state index is 0.120. The van der Waals surface area contributed by atoms with Gasteiger partial charge in [-0.2, -0.15) is 0 Å². The lowest BCUT2D eigenvalue weighted by Crippen LogP contribution is -2.02. The summed E-state index contributed by atoms with van der Waals surface area (Å²) in [5.74, 6) is -1.62. The monoisotopic (exact) mass is 204 g/mol. The molecule has 0 atom stereocenters. The molecule has 0 saturated carbocycles. The molecule has 2 N–H and O–H groups in total. The molecule has 0 aromatic rings. The van der Waals surface area contributed by atoms with Gasteiger partial charge in [0.05, 0.1) is 0 Å². The zero-order valence-electron chi connectivity index (χ0n) is 8.07. The number of aliphatic carboxylic acids is 2. The maximum Gasteiger partial charge on any atom is 0.303 e. The second-order valence-corrected chi connectivity index (χ2v) is 2.96. The zero-order chi connectivity index (χ0) is 10.8. The van der Waals surface area contributed by atoms with Crippen LogP contribution in [0.2, 0.25) is 0 Å². The standard InChI is InChI=1S/C9H16O5/c10-8(11)4-1-2-6-14-7-3-5-9(12)13/h1-7H2,(H,10,11)(H,12,13). The molecule has 0 radical (unpaired) electrons. The van der Waals surface area contributed by atoms with Crippen molar-refractivity contribution < 1.29 is 24.5 Å². The molecule has 0 unspecified atom stereocenters. The number of carboxylic acids is 2. The molecule has 5 heteroatoms. The van der Waals surface area contributed by atoms with Gasteiger partial charge >= 0.3 is 11.9 Å². The van der Waals surface area contributed by atoms with Crippen LogP contribution in [-0.2, 0) is 14.3 Å². The van der Waals surface area contributed by atoms with E-state index < -0.39 is 11.9 Å². The largest absolute Gasteiger partial charge is 0.481 e. The van der Waals surface area contributed by atoms with E-state index in [1.54, 1.807) is 0 Å². The molecular formula is C9H16O5. The Labute approximate surface area is 82.7 Å². The van der Waals surface area contributed by atoms with Crippen LogP contribution in [0.15, 0.2) is 0 Å². The first-order valence-electron chi connectivity index (χ1n) is 4.64. The molecule has 0 spiro atoms. The number of carboxylic acid groups (broad SMARTS) is 2. The Kier molecular flexibility index (Phi) is 7.83. The summed E-state index contributed by atoms with van der Waals surface area (Å²) in [5, 5.41) is 16.6. The Bertz CT molecular complexity index is 158. The lowest BCUT2D eigenvalue weighted by Gasteiger charge is -2.01. The fraction of sp³-hybridized carbons (Fsp3) is 0.778. The summed E-state index contributed by atoms with van der Waals surface area (Å²) >= 11 is 0. The predicted octanol–water partition coefficient (Wildman–Crippen LogP) is 1.12. The van der Waals surface area contributed by atoms with E-state index >= 15 is 0 Å². The molecule has 0 amide bonds. The van der Waals surface area contributed by atoms with Crippen LogP contribution in [0.1, 0.15) is 32.1 Å². The number of rotatable bonds is 9. The topological polar surface area (TPSA) is 83.8 Å². The zero-order valence-corrected chi connectivity index (χ0v) is 8.07. The van der Waals surface area contributed by atoms with E-state index in [1.165, 1.54) is 0 Å². The third kappa shape index (κ3) is 10.9. The maximum atomic E-state index is 10.1. The Morgan fingerprint density at radius 1 is 0.857 bits per heavy atom. The third-order valence-corrected chi connectivity index (χ3v) is 1.61. The van der Waals surface area contributed by atoms with Crippen molar-refractivity contribution in [1.29, 1.82) is 0 Å². The van der Waals surface area contributed by atoms with E-state index in [4.69, 9.17) is 14.9 Å². The molecule has 0 aliphatic carbocycles. The molecule has 0 aromatic carbocycles. The summed E-state index contributed by atoms with van der Waals surface area (Å²) < 4.78 is 5.11. The Morgan fingerprint density at radius 2 is 1.36 bits per heavy atom. The van der Waals surface area contributed by atoms with Crippen LogP contribution in [-0.4, -0.2) is 35.4 Å². The van der Waals surface area contributed by atoms with Gasteiger partial charge in [-0.15, -0.1) is 0 Å². The minimum atomic E-state index is -0.820. The first-order chi connectivity index (χ1) is 6.63. The normalized spacial score (nSPS) is 10.0. The number of hydrogen-bond donors (Lipinski definition) is 2. The molecule has 0 bridgehead atoms. The Morgan fingerprint density at radius 3 is 1.93 bits per heavy atom. The SMILES string of the molecule is O=C(O)CCCCOCCCC(=O)O. The van der Waals surface area contributed by atoms with E-state index in [1.807, 2.05) is 0 Å². The van der Waals surface area contributed by atoms with Crippen LogP contribution in [0, 0.1) is 0 Å². The fourth-order valence-electron chi connectivity index (χ4n) is 0.908. The second kappa shape index (κ2) is 8.50. The Hall–Kier alpha value is -1.10. The smallest absolute Gasteiger partial charge is 0.303 e. The fourth-order valence-corrected chi connectivity index (χ4v) is 0.908. The summed E-state index contributed by atoms with van der Waals surface area (Å²) in [7, 11) is 0. The molecule has 0 saturated heterocycles. The molecule has 0 aliphatic heterocycles. The summed E-state index contributed by atoms with van der Waals surface area (Å²) in [5.41, 5.74) is 0. The van der Waals surface area contributed by atoms with Crippen LogP contribution in [0.5, 0.6) is 0 Å². The average molecular weight is 204 g/mol. The van der Waals surface area contributed by atoms with Gasteiger partial charge in [-0.3, -0.25) is 9.59 Å². The molecule has 82 valence electrons. The first kappa shape index (κ1) is 12.9. The average Bonchev–Trinajstić information content (AvgIpc) is 2.08. The number of hydrogen-bond acceptors (Lipinski definition) is 3. The highest BCUT2D eigenvalue weighted by atomic mass is 16.5. The number of ether oxygens (including phenoxy) is 1. The van der Waals surface area contributed by atoms with Gasteiger partial charge in [0.25, 0.3) is 0 Å². The minimum Gasteiger partial charge on any atom is -0.481 e. The van der Waals surface area contributed by atoms with Crippen molar-refractivity contribution in [3.8, 4) is 0 Å². The van der Waals surface area contributed by atoms with Crippen LogP contribution < -0.4 is 0 Å². The van der Waals surface area contributed by atoms with Crippen molar-refractivity contribution in [2.24, 2.45) is 0 Å². The van der Waals surface area contributed by atoms with Crippen molar-refractivity contribution >= 4 is 11.9 Å². The highest BCUT2D eigenvalue weighted by Crippen LogP contribution is 1.97. The van der Waals surface area contributed by atoms with Crippen molar-refractivity contribution in [1.82, 2.24) is 0 Å². The van der Waals surface area contributed by atoms with Crippen LogP contribution in [0.3, 0.4) is 0 Å².